The van der Waals surface area contributed by atoms with Crippen molar-refractivity contribution in [1.29, 1.82) is 5.41 Å². The number of thiazole rings is 1. The van der Waals surface area contributed by atoms with E-state index in [0.29, 0.717) is 11.1 Å². The maximum Gasteiger partial charge on any atom is 0.362 e. The fraction of sp³-hybridized carbons (Fsp3) is 0.200. The van der Waals surface area contributed by atoms with E-state index in [9.17, 15) is 23.6 Å². The first kappa shape index (κ1) is 34.8. The minimum absolute atomic E-state index is 0.0230. The van der Waals surface area contributed by atoms with Crippen molar-refractivity contribution < 1.29 is 37.7 Å². The number of benzene rings is 1. The number of anilines is 1. The Bertz CT molecular complexity index is 2150. The van der Waals surface area contributed by atoms with Gasteiger partial charge in [0.25, 0.3) is 11.8 Å². The molecule has 2 aliphatic rings. The quantitative estimate of drug-likeness (QED) is 0.0256. The van der Waals surface area contributed by atoms with Crippen LogP contribution >= 0.6 is 46.3 Å². The summed E-state index contributed by atoms with van der Waals surface area (Å²) in [5.41, 5.74) is 12.3. The molecule has 2 atom stereocenters. The Morgan fingerprint density at radius 3 is 2.76 bits per heavy atom. The number of amidine groups is 1. The lowest BCUT2D eigenvalue weighted by Gasteiger charge is -2.49. The lowest BCUT2D eigenvalue weighted by Crippen LogP contribution is -2.71. The smallest absolute Gasteiger partial charge is 0.362 e. The Kier molecular flexibility index (Phi) is 9.79. The second kappa shape index (κ2) is 14.1. The number of carbonyl (C=O) groups is 4. The second-order valence-electron chi connectivity index (χ2n) is 10.8. The number of hydrogen-bond acceptors (Lipinski definition) is 12. The van der Waals surface area contributed by atoms with E-state index < -0.39 is 35.0 Å². The molecular weight excluding hydrogens is 736 g/mol. The number of β-lactam (4-membered cyclic amide) rings is 1. The molecule has 0 bridgehead atoms. The highest BCUT2D eigenvalue weighted by molar-refractivity contribution is 8.00. The molecule has 2 amide bonds. The van der Waals surface area contributed by atoms with Gasteiger partial charge in [-0.15, -0.1) is 11.8 Å². The third-order valence-electron chi connectivity index (χ3n) is 7.83. The van der Waals surface area contributed by atoms with Crippen LogP contribution in [0.25, 0.3) is 10.9 Å². The topological polar surface area (TPSA) is 212 Å². The van der Waals surface area contributed by atoms with Crippen LogP contribution in [-0.2, 0) is 41.8 Å². The molecule has 0 unspecified atom stereocenters. The molecule has 1 saturated heterocycles. The van der Waals surface area contributed by atoms with E-state index in [1.807, 2.05) is 12.1 Å². The third kappa shape index (κ3) is 6.49. The number of esters is 1. The Balaban J connectivity index is 1.26. The number of hydrogen-bond donors (Lipinski definition) is 4. The zero-order valence-electron chi connectivity index (χ0n) is 25.7. The molecule has 1 fully saturated rings. The summed E-state index contributed by atoms with van der Waals surface area (Å²) in [7, 11) is 1.22. The van der Waals surface area contributed by atoms with Gasteiger partial charge in [-0.1, -0.05) is 39.7 Å². The highest BCUT2D eigenvalue weighted by Gasteiger charge is 2.55. The van der Waals surface area contributed by atoms with Gasteiger partial charge in [0.15, 0.2) is 29.8 Å². The Hall–Kier alpha value is -5.04. The molecule has 258 valence electrons. The molecule has 0 spiro atoms. The van der Waals surface area contributed by atoms with Crippen LogP contribution in [0.5, 0.6) is 0 Å². The molecule has 50 heavy (non-hydrogen) atoms. The Morgan fingerprint density at radius 1 is 1.32 bits per heavy atom. The summed E-state index contributed by atoms with van der Waals surface area (Å²) in [6, 6.07) is 5.18. The van der Waals surface area contributed by atoms with Gasteiger partial charge in [0.2, 0.25) is 0 Å². The molecule has 6 rings (SSSR count). The zero-order chi connectivity index (χ0) is 35.9. The monoisotopic (exact) mass is 760 g/mol. The van der Waals surface area contributed by atoms with Gasteiger partial charge in [0.05, 0.1) is 6.54 Å². The number of nitrogen functional groups attached to an aromatic ring is 2. The summed E-state index contributed by atoms with van der Waals surface area (Å²) in [5, 5.41) is 14.2. The molecule has 6 N–H and O–H groups in total. The number of rotatable bonds is 11. The number of thioether (sulfide) groups is 1. The zero-order valence-corrected chi connectivity index (χ0v) is 28.8. The third-order valence-corrected chi connectivity index (χ3v) is 10.6. The molecule has 20 heteroatoms. The maximum atomic E-state index is 15.0. The molecule has 0 saturated carbocycles. The number of carbonyl (C=O) groups excluding carboxylic acids is 4. The summed E-state index contributed by atoms with van der Waals surface area (Å²) in [6.07, 6.45) is 5.32. The van der Waals surface area contributed by atoms with E-state index >= 15 is 0 Å². The van der Waals surface area contributed by atoms with E-state index in [4.69, 9.17) is 44.9 Å². The van der Waals surface area contributed by atoms with E-state index in [0.717, 1.165) is 22.8 Å². The summed E-state index contributed by atoms with van der Waals surface area (Å²) in [6.45, 7) is 0.160. The maximum absolute atomic E-state index is 15.0. The normalized spacial score (nSPS) is 17.3. The molecule has 0 radical (unpaired) electrons. The van der Waals surface area contributed by atoms with Gasteiger partial charge in [-0.05, 0) is 18.2 Å². The minimum Gasteiger partial charge on any atom is -0.398 e. The number of fused-ring (bicyclic) bond motifs is 2. The first-order valence-corrected chi connectivity index (χ1v) is 17.0. The van der Waals surface area contributed by atoms with Gasteiger partial charge >= 0.3 is 12.4 Å². The summed E-state index contributed by atoms with van der Waals surface area (Å²) < 4.78 is 23.3. The fourth-order valence-electron chi connectivity index (χ4n) is 5.55. The predicted molar refractivity (Wildman–Crippen MR) is 183 cm³/mol. The molecule has 0 aliphatic carbocycles. The van der Waals surface area contributed by atoms with Crippen molar-refractivity contribution in [3.63, 3.8) is 0 Å². The van der Waals surface area contributed by atoms with Gasteiger partial charge in [-0.25, -0.2) is 14.2 Å². The molecule has 5 heterocycles. The van der Waals surface area contributed by atoms with Gasteiger partial charge in [0.1, 0.15) is 51.4 Å². The lowest BCUT2D eigenvalue weighted by atomic mass is 10.0. The largest absolute Gasteiger partial charge is 0.398 e. The summed E-state index contributed by atoms with van der Waals surface area (Å²) in [5.74, 6) is -3.17. The number of oxime groups is 1. The standard InChI is InChI=1S/C30H24Cl2FN9O6S2/c1-47-39-21(20-24(32)50-30(36)38-20)26(44)37-22-27(45)42-23(29(46)48-12-43)15(11-49-28(22)42)8-40-4-2-13-3-5-41(19(13)10-40)9-16-17(31)6-14(25(34)35)7-18(16)33/h2-7,10,12,22,28H,8-9,11H2,1H3,(H5-,34,35,36,37,38,44)/p+1/t22-,28-/m1/s1. The van der Waals surface area contributed by atoms with E-state index in [-0.39, 0.29) is 73.9 Å². The highest BCUT2D eigenvalue weighted by Crippen LogP contribution is 2.41. The van der Waals surface area contributed by atoms with Crippen LogP contribution in [-0.4, -0.2) is 74.5 Å². The van der Waals surface area contributed by atoms with Crippen LogP contribution in [0.3, 0.4) is 0 Å². The molecule has 2 aliphatic heterocycles. The number of pyridine rings is 1. The predicted octanol–water partition coefficient (Wildman–Crippen LogP) is 2.15. The number of ether oxygens (including phenoxy) is 1. The SMILES string of the molecule is CON=C(C(=O)N[C@@H]1C(=O)N2C(C(=O)OC=O)=C(C[n+]3ccc4ccn(Cc5c(F)cc(C(=N)N)cc5Cl)c4c3)CS[C@H]12)c1nc(N)sc1Cl. The average molecular weight is 762 g/mol. The van der Waals surface area contributed by atoms with Crippen LogP contribution in [0.2, 0.25) is 9.36 Å². The highest BCUT2D eigenvalue weighted by atomic mass is 35.5. The summed E-state index contributed by atoms with van der Waals surface area (Å²) in [4.78, 5) is 60.9. The number of halogens is 3. The van der Waals surface area contributed by atoms with E-state index in [1.54, 1.807) is 27.7 Å². The van der Waals surface area contributed by atoms with Crippen molar-refractivity contribution in [2.24, 2.45) is 10.9 Å². The number of nitrogens with one attached hydrogen (secondary N) is 2. The van der Waals surface area contributed by atoms with Crippen molar-refractivity contribution in [3.05, 3.63) is 86.1 Å². The molecule has 15 nitrogen and oxygen atoms in total. The van der Waals surface area contributed by atoms with Gasteiger partial charge in [0, 0.05) is 45.1 Å². The van der Waals surface area contributed by atoms with Crippen molar-refractivity contribution in [2.75, 3.05) is 18.6 Å². The van der Waals surface area contributed by atoms with Gasteiger partial charge < -0.3 is 30.9 Å². The molecule has 1 aromatic carbocycles. The number of amides is 2. The lowest BCUT2D eigenvalue weighted by molar-refractivity contribution is -0.687. The number of nitrogens with zero attached hydrogens (tertiary/aromatic N) is 5. The van der Waals surface area contributed by atoms with Gasteiger partial charge in [-0.3, -0.25) is 24.7 Å². The first-order chi connectivity index (χ1) is 23.9. The number of nitrogens with two attached hydrogens (primary N) is 2. The summed E-state index contributed by atoms with van der Waals surface area (Å²) >= 11 is 14.7. The Labute approximate surface area is 300 Å². The van der Waals surface area contributed by atoms with E-state index in [1.165, 1.54) is 29.8 Å². The molecule has 3 aromatic heterocycles. The van der Waals surface area contributed by atoms with Crippen LogP contribution in [0.1, 0.15) is 16.8 Å². The van der Waals surface area contributed by atoms with Crippen LogP contribution in [0, 0.1) is 11.2 Å². The van der Waals surface area contributed by atoms with Crippen LogP contribution < -0.4 is 21.4 Å². The van der Waals surface area contributed by atoms with Gasteiger partial charge in [-0.2, -0.15) is 4.57 Å². The fourth-order valence-corrected chi connectivity index (χ4v) is 8.08. The Morgan fingerprint density at radius 2 is 2.10 bits per heavy atom. The van der Waals surface area contributed by atoms with Crippen molar-refractivity contribution >= 4 is 98.1 Å². The minimum atomic E-state index is -1.08. The van der Waals surface area contributed by atoms with Crippen LogP contribution in [0.15, 0.2) is 59.3 Å². The molecular formula is C30H25Cl2FN9O6S2+. The molecule has 4 aromatic rings. The van der Waals surface area contributed by atoms with E-state index in [2.05, 4.69) is 20.2 Å². The second-order valence-corrected chi connectivity index (χ2v) is 14.0. The number of aromatic nitrogens is 3. The average Bonchev–Trinajstić information content (AvgIpc) is 3.64. The first-order valence-electron chi connectivity index (χ1n) is 14.4. The van der Waals surface area contributed by atoms with Crippen molar-refractivity contribution in [3.8, 4) is 0 Å². The van der Waals surface area contributed by atoms with Crippen LogP contribution in [0.4, 0.5) is 9.52 Å². The van der Waals surface area contributed by atoms with Crippen molar-refractivity contribution in [2.45, 2.75) is 24.5 Å². The van der Waals surface area contributed by atoms with Crippen molar-refractivity contribution in [1.82, 2.24) is 19.8 Å².